The average Bonchev–Trinajstić information content (AvgIpc) is 2.86. The van der Waals surface area contributed by atoms with Crippen LogP contribution >= 0.6 is 11.3 Å². The molecule has 0 saturated heterocycles. The van der Waals surface area contributed by atoms with E-state index in [4.69, 9.17) is 9.47 Å². The van der Waals surface area contributed by atoms with Gasteiger partial charge in [0.05, 0.1) is 12.2 Å². The average molecular weight is 352 g/mol. The number of carbonyl (C=O) groups excluding carboxylic acids is 1. The fourth-order valence-corrected chi connectivity index (χ4v) is 3.98. The molecule has 0 atom stereocenters. The molecular formula is C18H21FO4S. The van der Waals surface area contributed by atoms with Gasteiger partial charge in [0.2, 0.25) is 0 Å². The molecule has 1 aromatic heterocycles. The molecule has 1 aliphatic rings. The molecule has 4 nitrogen and oxygen atoms in total. The lowest BCUT2D eigenvalue weighted by Crippen LogP contribution is -2.21. The predicted octanol–water partition coefficient (Wildman–Crippen LogP) is 5.02. The summed E-state index contributed by atoms with van der Waals surface area (Å²) < 4.78 is 25.6. The molecule has 1 aromatic carbocycles. The van der Waals surface area contributed by atoms with E-state index in [1.165, 1.54) is 18.6 Å². The van der Waals surface area contributed by atoms with Gasteiger partial charge >= 0.3 is 5.97 Å². The molecule has 0 aliphatic heterocycles. The van der Waals surface area contributed by atoms with Crippen LogP contribution in [0.3, 0.4) is 0 Å². The van der Waals surface area contributed by atoms with Crippen molar-refractivity contribution in [1.82, 2.24) is 0 Å². The highest BCUT2D eigenvalue weighted by molar-refractivity contribution is 7.21. The maximum atomic E-state index is 13.7. The number of phenols is 1. The third-order valence-corrected chi connectivity index (χ3v) is 5.19. The Kier molecular flexibility index (Phi) is 4.94. The number of phenolic OH excluding ortho intramolecular Hbond substituents is 1. The first-order chi connectivity index (χ1) is 11.5. The Balaban J connectivity index is 2.03. The van der Waals surface area contributed by atoms with Gasteiger partial charge in [-0.15, -0.1) is 11.3 Å². The molecule has 0 spiro atoms. The zero-order chi connectivity index (χ0) is 17.3. The fourth-order valence-electron chi connectivity index (χ4n) is 2.95. The smallest absolute Gasteiger partial charge is 0.352 e. The number of benzene rings is 1. The van der Waals surface area contributed by atoms with Crippen LogP contribution in [0.15, 0.2) is 12.1 Å². The largest absolute Gasteiger partial charge is 0.505 e. The number of fused-ring (bicyclic) bond motifs is 1. The lowest BCUT2D eigenvalue weighted by atomic mass is 9.98. The van der Waals surface area contributed by atoms with E-state index in [0.29, 0.717) is 20.7 Å². The van der Waals surface area contributed by atoms with E-state index in [0.717, 1.165) is 37.0 Å². The number of thiophene rings is 1. The molecular weight excluding hydrogens is 331 g/mol. The lowest BCUT2D eigenvalue weighted by Gasteiger charge is -2.23. The van der Waals surface area contributed by atoms with Gasteiger partial charge in [0.25, 0.3) is 0 Å². The monoisotopic (exact) mass is 352 g/mol. The molecule has 0 bridgehead atoms. The van der Waals surface area contributed by atoms with Crippen molar-refractivity contribution in [2.24, 2.45) is 0 Å². The molecule has 1 saturated carbocycles. The zero-order valence-corrected chi connectivity index (χ0v) is 14.6. The number of halogens is 1. The zero-order valence-electron chi connectivity index (χ0n) is 13.8. The molecule has 1 aliphatic carbocycles. The molecule has 0 radical (unpaired) electrons. The van der Waals surface area contributed by atoms with Gasteiger partial charge in [-0.25, -0.2) is 9.18 Å². The molecule has 6 heteroatoms. The highest BCUT2D eigenvalue weighted by Crippen LogP contribution is 2.42. The summed E-state index contributed by atoms with van der Waals surface area (Å²) in [6.45, 7) is 3.55. The Morgan fingerprint density at radius 2 is 2.00 bits per heavy atom. The first kappa shape index (κ1) is 17.0. The quantitative estimate of drug-likeness (QED) is 0.785. The molecule has 24 heavy (non-hydrogen) atoms. The maximum Gasteiger partial charge on any atom is 0.352 e. The normalized spacial score (nSPS) is 15.8. The number of hydrogen-bond donors (Lipinski definition) is 1. The van der Waals surface area contributed by atoms with E-state index >= 15 is 0 Å². The summed E-state index contributed by atoms with van der Waals surface area (Å²) in [5.74, 6) is -1.23. The van der Waals surface area contributed by atoms with Crippen LogP contribution in [0.1, 0.15) is 55.6 Å². The molecule has 1 fully saturated rings. The highest BCUT2D eigenvalue weighted by atomic mass is 32.1. The second-order valence-corrected chi connectivity index (χ2v) is 7.44. The number of aromatic hydroxyl groups is 1. The van der Waals surface area contributed by atoms with Crippen LogP contribution in [0.25, 0.3) is 10.1 Å². The van der Waals surface area contributed by atoms with Crippen molar-refractivity contribution < 1.29 is 23.8 Å². The van der Waals surface area contributed by atoms with Crippen LogP contribution < -0.4 is 4.74 Å². The Hall–Kier alpha value is -1.82. The van der Waals surface area contributed by atoms with Crippen molar-refractivity contribution in [3.63, 3.8) is 0 Å². The maximum absolute atomic E-state index is 13.7. The summed E-state index contributed by atoms with van der Waals surface area (Å²) in [6, 6.07) is 2.56. The van der Waals surface area contributed by atoms with E-state index < -0.39 is 17.5 Å². The Morgan fingerprint density at radius 1 is 1.29 bits per heavy atom. The number of rotatable bonds is 4. The standard InChI is InChI=1S/C18H21FO4S/c1-10(2)22-18(21)17-16(23-11-6-4-3-5-7-11)12-8-14(20)13(19)9-15(12)24-17/h8-11,20H,3-7H2,1-2H3. The summed E-state index contributed by atoms with van der Waals surface area (Å²) in [6.07, 6.45) is 5.03. The lowest BCUT2D eigenvalue weighted by molar-refractivity contribution is 0.0376. The van der Waals surface area contributed by atoms with E-state index in [1.807, 2.05) is 0 Å². The summed E-state index contributed by atoms with van der Waals surface area (Å²) in [7, 11) is 0. The summed E-state index contributed by atoms with van der Waals surface area (Å²) >= 11 is 1.13. The second kappa shape index (κ2) is 6.97. The highest BCUT2D eigenvalue weighted by Gasteiger charge is 2.26. The van der Waals surface area contributed by atoms with Gasteiger partial charge < -0.3 is 14.6 Å². The van der Waals surface area contributed by atoms with E-state index in [-0.39, 0.29) is 12.2 Å². The molecule has 2 aromatic rings. The van der Waals surface area contributed by atoms with Crippen molar-refractivity contribution in [2.75, 3.05) is 0 Å². The van der Waals surface area contributed by atoms with E-state index in [9.17, 15) is 14.3 Å². The van der Waals surface area contributed by atoms with Crippen molar-refractivity contribution in [1.29, 1.82) is 0 Å². The third-order valence-electron chi connectivity index (χ3n) is 4.08. The minimum atomic E-state index is -0.711. The van der Waals surface area contributed by atoms with Gasteiger partial charge in [-0.3, -0.25) is 0 Å². The van der Waals surface area contributed by atoms with Crippen molar-refractivity contribution in [3.8, 4) is 11.5 Å². The molecule has 1 heterocycles. The fraction of sp³-hybridized carbons (Fsp3) is 0.500. The van der Waals surface area contributed by atoms with Gasteiger partial charge in [0.1, 0.15) is 0 Å². The first-order valence-electron chi connectivity index (χ1n) is 8.28. The molecule has 0 amide bonds. The third kappa shape index (κ3) is 3.48. The number of esters is 1. The van der Waals surface area contributed by atoms with Crippen LogP contribution in [0, 0.1) is 5.82 Å². The van der Waals surface area contributed by atoms with Crippen molar-refractivity contribution in [3.05, 3.63) is 22.8 Å². The van der Waals surface area contributed by atoms with E-state index in [1.54, 1.807) is 13.8 Å². The molecule has 130 valence electrons. The minimum absolute atomic E-state index is 0.0364. The molecule has 0 unspecified atom stereocenters. The second-order valence-electron chi connectivity index (χ2n) is 6.39. The summed E-state index contributed by atoms with van der Waals surface area (Å²) in [5, 5.41) is 10.3. The SMILES string of the molecule is CC(C)OC(=O)c1sc2cc(F)c(O)cc2c1OC1CCCCC1. The van der Waals surface area contributed by atoms with Crippen molar-refractivity contribution >= 4 is 27.4 Å². The van der Waals surface area contributed by atoms with Gasteiger partial charge in [-0.05, 0) is 51.7 Å². The van der Waals surface area contributed by atoms with Crippen LogP contribution in [0.4, 0.5) is 4.39 Å². The van der Waals surface area contributed by atoms with Gasteiger partial charge in [-0.1, -0.05) is 6.42 Å². The number of hydrogen-bond acceptors (Lipinski definition) is 5. The van der Waals surface area contributed by atoms with Crippen LogP contribution in [0.2, 0.25) is 0 Å². The van der Waals surface area contributed by atoms with Gasteiger partial charge in [0, 0.05) is 10.1 Å². The minimum Gasteiger partial charge on any atom is -0.505 e. The van der Waals surface area contributed by atoms with Crippen LogP contribution in [-0.4, -0.2) is 23.3 Å². The predicted molar refractivity (Wildman–Crippen MR) is 91.5 cm³/mol. The summed E-state index contributed by atoms with van der Waals surface area (Å²) in [5.41, 5.74) is 0. The number of ether oxygens (including phenoxy) is 2. The molecule has 1 N–H and O–H groups in total. The molecule has 3 rings (SSSR count). The van der Waals surface area contributed by atoms with Crippen LogP contribution in [0.5, 0.6) is 11.5 Å². The first-order valence-corrected chi connectivity index (χ1v) is 9.10. The Morgan fingerprint density at radius 3 is 2.67 bits per heavy atom. The Labute approximate surface area is 144 Å². The van der Waals surface area contributed by atoms with Crippen LogP contribution in [-0.2, 0) is 4.74 Å². The summed E-state index contributed by atoms with van der Waals surface area (Å²) in [4.78, 5) is 12.7. The van der Waals surface area contributed by atoms with E-state index in [2.05, 4.69) is 0 Å². The Bertz CT molecular complexity index is 747. The van der Waals surface area contributed by atoms with Gasteiger partial charge in [0.15, 0.2) is 22.2 Å². The number of carbonyl (C=O) groups is 1. The van der Waals surface area contributed by atoms with Gasteiger partial charge in [-0.2, -0.15) is 0 Å². The van der Waals surface area contributed by atoms with Crippen molar-refractivity contribution in [2.45, 2.75) is 58.2 Å². The topological polar surface area (TPSA) is 55.8 Å².